The third-order valence-electron chi connectivity index (χ3n) is 2.73. The van der Waals surface area contributed by atoms with Crippen molar-refractivity contribution < 1.29 is 18.6 Å². The molecule has 0 spiro atoms. The van der Waals surface area contributed by atoms with Gasteiger partial charge in [0.2, 0.25) is 0 Å². The van der Waals surface area contributed by atoms with Gasteiger partial charge in [-0.25, -0.2) is 13.4 Å². The summed E-state index contributed by atoms with van der Waals surface area (Å²) >= 11 is 5.93. The van der Waals surface area contributed by atoms with Crippen LogP contribution in [0.5, 0.6) is 0 Å². The van der Waals surface area contributed by atoms with Crippen LogP contribution in [0.25, 0.3) is 5.65 Å². The van der Waals surface area contributed by atoms with Gasteiger partial charge in [-0.05, 0) is 12.1 Å². The fourth-order valence-corrected chi connectivity index (χ4v) is 3.89. The molecule has 2 rings (SSSR count). The molecule has 0 aliphatic rings. The molecular formula is C11H14ClN3O4S. The van der Waals surface area contributed by atoms with E-state index in [1.165, 1.54) is 10.6 Å². The molecule has 0 aromatic carbocycles. The van der Waals surface area contributed by atoms with Crippen LogP contribution in [0.4, 0.5) is 0 Å². The van der Waals surface area contributed by atoms with Crippen molar-refractivity contribution in [2.24, 2.45) is 0 Å². The highest BCUT2D eigenvalue weighted by Crippen LogP contribution is 2.25. The monoisotopic (exact) mass is 319 g/mol. The Morgan fingerprint density at radius 2 is 1.90 bits per heavy atom. The number of nitrogens with zero attached hydrogens (tertiary/aromatic N) is 3. The van der Waals surface area contributed by atoms with Crippen LogP contribution in [0.2, 0.25) is 5.15 Å². The van der Waals surface area contributed by atoms with Crippen LogP contribution in [-0.4, -0.2) is 58.6 Å². The zero-order chi connectivity index (χ0) is 14.8. The average Bonchev–Trinajstić information content (AvgIpc) is 2.74. The SMILES string of the molecule is O=S(=O)(c1c(Cl)nc2ccccn12)N(CCO)CCO. The summed E-state index contributed by atoms with van der Waals surface area (Å²) in [7, 11) is -3.96. The molecular weight excluding hydrogens is 306 g/mol. The van der Waals surface area contributed by atoms with E-state index in [1.807, 2.05) is 0 Å². The van der Waals surface area contributed by atoms with Gasteiger partial charge in [0.15, 0.2) is 10.2 Å². The van der Waals surface area contributed by atoms with E-state index in [0.717, 1.165) is 4.31 Å². The van der Waals surface area contributed by atoms with Gasteiger partial charge in [-0.3, -0.25) is 4.40 Å². The van der Waals surface area contributed by atoms with E-state index in [1.54, 1.807) is 18.2 Å². The Morgan fingerprint density at radius 3 is 2.50 bits per heavy atom. The number of hydrogen-bond donors (Lipinski definition) is 2. The molecule has 110 valence electrons. The molecule has 0 atom stereocenters. The molecule has 9 heteroatoms. The van der Waals surface area contributed by atoms with Crippen molar-refractivity contribution in [3.05, 3.63) is 29.5 Å². The number of fused-ring (bicyclic) bond motifs is 1. The molecule has 0 bridgehead atoms. The molecule has 2 aromatic rings. The first-order valence-corrected chi connectivity index (χ1v) is 7.68. The summed E-state index contributed by atoms with van der Waals surface area (Å²) in [6.45, 7) is -0.959. The summed E-state index contributed by atoms with van der Waals surface area (Å²) in [5, 5.41) is 17.6. The molecule has 7 nitrogen and oxygen atoms in total. The highest BCUT2D eigenvalue weighted by atomic mass is 35.5. The molecule has 0 saturated heterocycles. The van der Waals surface area contributed by atoms with Gasteiger partial charge in [0.05, 0.1) is 13.2 Å². The maximum absolute atomic E-state index is 12.6. The molecule has 2 heterocycles. The van der Waals surface area contributed by atoms with E-state index in [-0.39, 0.29) is 36.5 Å². The largest absolute Gasteiger partial charge is 0.395 e. The number of aliphatic hydroxyl groups is 2. The Labute approximate surface area is 121 Å². The summed E-state index contributed by atoms with van der Waals surface area (Å²) in [6, 6.07) is 5.01. The van der Waals surface area contributed by atoms with Gasteiger partial charge in [0, 0.05) is 19.3 Å². The fraction of sp³-hybridized carbons (Fsp3) is 0.364. The van der Waals surface area contributed by atoms with Crippen LogP contribution in [-0.2, 0) is 10.0 Å². The zero-order valence-electron chi connectivity index (χ0n) is 10.5. The van der Waals surface area contributed by atoms with E-state index < -0.39 is 10.0 Å². The van der Waals surface area contributed by atoms with Gasteiger partial charge in [-0.15, -0.1) is 0 Å². The van der Waals surface area contributed by atoms with Gasteiger partial charge in [-0.2, -0.15) is 4.31 Å². The zero-order valence-corrected chi connectivity index (χ0v) is 12.0. The number of rotatable bonds is 6. The highest BCUT2D eigenvalue weighted by Gasteiger charge is 2.30. The van der Waals surface area contributed by atoms with Gasteiger partial charge in [-0.1, -0.05) is 17.7 Å². The van der Waals surface area contributed by atoms with Crippen LogP contribution in [0.15, 0.2) is 29.4 Å². The molecule has 0 aliphatic carbocycles. The lowest BCUT2D eigenvalue weighted by Crippen LogP contribution is -2.36. The van der Waals surface area contributed by atoms with Crippen molar-refractivity contribution >= 4 is 27.3 Å². The van der Waals surface area contributed by atoms with E-state index >= 15 is 0 Å². The Hall–Kier alpha value is -1.19. The van der Waals surface area contributed by atoms with Crippen molar-refractivity contribution in [1.29, 1.82) is 0 Å². The van der Waals surface area contributed by atoms with E-state index in [0.29, 0.717) is 5.65 Å². The number of halogens is 1. The lowest BCUT2D eigenvalue weighted by atomic mass is 10.5. The molecule has 0 radical (unpaired) electrons. The number of aliphatic hydroxyl groups excluding tert-OH is 2. The summed E-state index contributed by atoms with van der Waals surface area (Å²) in [6.07, 6.45) is 1.54. The van der Waals surface area contributed by atoms with Crippen LogP contribution < -0.4 is 0 Å². The third-order valence-corrected chi connectivity index (χ3v) is 5.03. The molecule has 0 saturated carbocycles. The van der Waals surface area contributed by atoms with E-state index in [2.05, 4.69) is 4.98 Å². The minimum Gasteiger partial charge on any atom is -0.395 e. The highest BCUT2D eigenvalue weighted by molar-refractivity contribution is 7.89. The summed E-state index contributed by atoms with van der Waals surface area (Å²) in [5.74, 6) is 0. The van der Waals surface area contributed by atoms with Gasteiger partial charge < -0.3 is 10.2 Å². The van der Waals surface area contributed by atoms with Crippen LogP contribution in [0.3, 0.4) is 0 Å². The first kappa shape index (κ1) is 15.2. The molecule has 0 amide bonds. The molecule has 0 unspecified atom stereocenters. The van der Waals surface area contributed by atoms with E-state index in [4.69, 9.17) is 21.8 Å². The lowest BCUT2D eigenvalue weighted by molar-refractivity contribution is 0.217. The quantitative estimate of drug-likeness (QED) is 0.779. The minimum absolute atomic E-state index is 0.126. The molecule has 0 fully saturated rings. The summed E-state index contributed by atoms with van der Waals surface area (Å²) < 4.78 is 27.5. The maximum atomic E-state index is 12.6. The lowest BCUT2D eigenvalue weighted by Gasteiger charge is -2.19. The second-order valence-electron chi connectivity index (χ2n) is 3.99. The molecule has 0 aliphatic heterocycles. The van der Waals surface area contributed by atoms with Crippen LogP contribution in [0.1, 0.15) is 0 Å². The second kappa shape index (κ2) is 6.06. The van der Waals surface area contributed by atoms with E-state index in [9.17, 15) is 8.42 Å². The predicted molar refractivity (Wildman–Crippen MR) is 73.1 cm³/mol. The number of pyridine rings is 1. The van der Waals surface area contributed by atoms with Crippen molar-refractivity contribution in [3.63, 3.8) is 0 Å². The molecule has 2 aromatic heterocycles. The first-order valence-electron chi connectivity index (χ1n) is 5.87. The second-order valence-corrected chi connectivity index (χ2v) is 6.20. The van der Waals surface area contributed by atoms with Gasteiger partial charge in [0.25, 0.3) is 10.0 Å². The topological polar surface area (TPSA) is 95.1 Å². The summed E-state index contributed by atoms with van der Waals surface area (Å²) in [4.78, 5) is 3.98. The van der Waals surface area contributed by atoms with Crippen molar-refractivity contribution in [2.45, 2.75) is 5.03 Å². The normalized spacial score (nSPS) is 12.4. The van der Waals surface area contributed by atoms with Crippen LogP contribution >= 0.6 is 11.6 Å². The Balaban J connectivity index is 2.58. The first-order chi connectivity index (χ1) is 9.52. The maximum Gasteiger partial charge on any atom is 0.262 e. The number of hydrogen-bond acceptors (Lipinski definition) is 5. The number of aromatic nitrogens is 2. The van der Waals surface area contributed by atoms with Crippen molar-refractivity contribution in [3.8, 4) is 0 Å². The van der Waals surface area contributed by atoms with Crippen LogP contribution in [0, 0.1) is 0 Å². The average molecular weight is 320 g/mol. The van der Waals surface area contributed by atoms with Gasteiger partial charge >= 0.3 is 0 Å². The minimum atomic E-state index is -3.96. The fourth-order valence-electron chi connectivity index (χ4n) is 1.87. The Morgan fingerprint density at radius 1 is 1.25 bits per heavy atom. The Bertz CT molecular complexity index is 695. The molecule has 20 heavy (non-hydrogen) atoms. The molecule has 2 N–H and O–H groups in total. The van der Waals surface area contributed by atoms with Gasteiger partial charge in [0.1, 0.15) is 5.65 Å². The number of imidazole rings is 1. The van der Waals surface area contributed by atoms with Crippen molar-refractivity contribution in [1.82, 2.24) is 13.7 Å². The van der Waals surface area contributed by atoms with Crippen molar-refractivity contribution in [2.75, 3.05) is 26.3 Å². The smallest absolute Gasteiger partial charge is 0.262 e. The summed E-state index contributed by atoms with van der Waals surface area (Å²) in [5.41, 5.74) is 0.407. The predicted octanol–water partition coefficient (Wildman–Crippen LogP) is -0.0370. The Kier molecular flexibility index (Phi) is 4.61. The number of sulfonamides is 1. The standard InChI is InChI=1S/C11H14ClN3O4S/c12-10-11(15-4-2-1-3-9(15)13-10)20(18,19)14(5-7-16)6-8-17/h1-4,16-17H,5-8H2. The third kappa shape index (κ3) is 2.65.